The van der Waals surface area contributed by atoms with Crippen LogP contribution in [0.5, 0.6) is 0 Å². The Morgan fingerprint density at radius 1 is 1.19 bits per heavy atom. The number of hydrogen-bond donors (Lipinski definition) is 2. The smallest absolute Gasteiger partial charge is 0.313 e. The minimum Gasteiger partial charge on any atom is -0.379 e. The fraction of sp³-hybridized carbons (Fsp3) is 0.333. The molecule has 0 unspecified atom stereocenters. The van der Waals surface area contributed by atoms with E-state index in [0.29, 0.717) is 19.3 Å². The van der Waals surface area contributed by atoms with E-state index in [9.17, 15) is 18.4 Å². The predicted octanol–water partition coefficient (Wildman–Crippen LogP) is 2.15. The van der Waals surface area contributed by atoms with Crippen LogP contribution in [0.2, 0.25) is 0 Å². The minimum atomic E-state index is -1.01. The first kappa shape index (κ1) is 19.4. The topological polar surface area (TPSA) is 70.7 Å². The van der Waals surface area contributed by atoms with Gasteiger partial charge in [0, 0.05) is 25.7 Å². The van der Waals surface area contributed by atoms with Crippen LogP contribution in [0.25, 0.3) is 0 Å². The highest BCUT2D eigenvalue weighted by Gasteiger charge is 2.25. The summed E-state index contributed by atoms with van der Waals surface area (Å²) in [4.78, 5) is 26.3. The largest absolute Gasteiger partial charge is 0.379 e. The predicted molar refractivity (Wildman–Crippen MR) is 97.4 cm³/mol. The monoisotopic (exact) mass is 395 g/mol. The number of halogens is 2. The number of carbonyl (C=O) groups is 2. The van der Waals surface area contributed by atoms with Gasteiger partial charge < -0.3 is 15.4 Å². The summed E-state index contributed by atoms with van der Waals surface area (Å²) < 4.78 is 31.9. The number of ether oxygens (including phenoxy) is 1. The molecule has 1 aliphatic heterocycles. The zero-order valence-corrected chi connectivity index (χ0v) is 15.2. The number of nitrogens with zero attached hydrogens (tertiary/aromatic N) is 1. The molecule has 3 rings (SSSR count). The van der Waals surface area contributed by atoms with Crippen molar-refractivity contribution >= 4 is 28.8 Å². The van der Waals surface area contributed by atoms with Crippen LogP contribution in [0.1, 0.15) is 11.6 Å². The van der Waals surface area contributed by atoms with Crippen LogP contribution >= 0.6 is 11.3 Å². The summed E-state index contributed by atoms with van der Waals surface area (Å²) in [6.07, 6.45) is 0. The average Bonchev–Trinajstić information content (AvgIpc) is 3.19. The molecule has 1 aliphatic rings. The molecule has 0 radical (unpaired) electrons. The van der Waals surface area contributed by atoms with E-state index in [2.05, 4.69) is 15.5 Å². The summed E-state index contributed by atoms with van der Waals surface area (Å²) in [5.41, 5.74) is 0.798. The first-order chi connectivity index (χ1) is 13.0. The van der Waals surface area contributed by atoms with Crippen molar-refractivity contribution < 1.29 is 23.1 Å². The maximum atomic E-state index is 13.6. The molecular weight excluding hydrogens is 376 g/mol. The molecule has 2 heterocycles. The Balaban J connectivity index is 1.60. The van der Waals surface area contributed by atoms with Gasteiger partial charge in [-0.05, 0) is 34.5 Å². The molecule has 6 nitrogen and oxygen atoms in total. The molecule has 1 aromatic carbocycles. The number of benzene rings is 1. The molecule has 1 atom stereocenters. The van der Waals surface area contributed by atoms with Gasteiger partial charge in [-0.25, -0.2) is 8.78 Å². The second-order valence-corrected chi connectivity index (χ2v) is 6.79. The van der Waals surface area contributed by atoms with Crippen molar-refractivity contribution in [2.75, 3.05) is 38.2 Å². The van der Waals surface area contributed by atoms with Gasteiger partial charge >= 0.3 is 11.8 Å². The molecule has 144 valence electrons. The molecule has 2 amide bonds. The van der Waals surface area contributed by atoms with E-state index in [1.165, 1.54) is 0 Å². The van der Waals surface area contributed by atoms with E-state index in [0.717, 1.165) is 30.8 Å². The Morgan fingerprint density at radius 3 is 2.63 bits per heavy atom. The van der Waals surface area contributed by atoms with Gasteiger partial charge in [-0.2, -0.15) is 11.3 Å². The minimum absolute atomic E-state index is 0.0838. The standard InChI is InChI=1S/C18H19F2N3O3S/c19-13-1-2-15(14(20)9-13)22-18(25)17(24)21-10-16(12-3-8-27-11-12)23-4-6-26-7-5-23/h1-3,8-9,11,16H,4-7,10H2,(H,21,24)(H,22,25)/t16-/m0/s1. The summed E-state index contributed by atoms with van der Waals surface area (Å²) in [7, 11) is 0. The Bertz CT molecular complexity index is 795. The first-order valence-corrected chi connectivity index (χ1v) is 9.37. The van der Waals surface area contributed by atoms with Crippen LogP contribution in [0.4, 0.5) is 14.5 Å². The third-order valence-corrected chi connectivity index (χ3v) is 4.96. The number of amides is 2. The molecular formula is C18H19F2N3O3S. The number of morpholine rings is 1. The number of nitrogens with one attached hydrogen (secondary N) is 2. The van der Waals surface area contributed by atoms with E-state index < -0.39 is 23.4 Å². The lowest BCUT2D eigenvalue weighted by Gasteiger charge is -2.34. The molecule has 0 saturated carbocycles. The molecule has 0 bridgehead atoms. The van der Waals surface area contributed by atoms with Gasteiger partial charge in [-0.15, -0.1) is 0 Å². The number of rotatable bonds is 5. The SMILES string of the molecule is O=C(NC[C@@H](c1ccsc1)N1CCOCC1)C(=O)Nc1ccc(F)cc1F. The molecule has 1 fully saturated rings. The summed E-state index contributed by atoms with van der Waals surface area (Å²) in [5, 5.41) is 8.70. The fourth-order valence-corrected chi connectivity index (χ4v) is 3.56. The quantitative estimate of drug-likeness (QED) is 0.762. The second-order valence-electron chi connectivity index (χ2n) is 6.01. The second kappa shape index (κ2) is 9.03. The van der Waals surface area contributed by atoms with Crippen molar-refractivity contribution in [2.24, 2.45) is 0 Å². The van der Waals surface area contributed by atoms with Crippen LogP contribution in [-0.4, -0.2) is 49.6 Å². The van der Waals surface area contributed by atoms with Crippen molar-refractivity contribution in [2.45, 2.75) is 6.04 Å². The highest BCUT2D eigenvalue weighted by molar-refractivity contribution is 7.08. The van der Waals surface area contributed by atoms with Crippen molar-refractivity contribution in [3.63, 3.8) is 0 Å². The van der Waals surface area contributed by atoms with Gasteiger partial charge in [0.25, 0.3) is 0 Å². The van der Waals surface area contributed by atoms with Crippen LogP contribution in [0, 0.1) is 11.6 Å². The zero-order valence-electron chi connectivity index (χ0n) is 14.4. The number of thiophene rings is 1. The van der Waals surface area contributed by atoms with Gasteiger partial charge in [-0.3, -0.25) is 14.5 Å². The third-order valence-electron chi connectivity index (χ3n) is 4.26. The highest BCUT2D eigenvalue weighted by Crippen LogP contribution is 2.23. The van der Waals surface area contributed by atoms with Crippen LogP contribution in [-0.2, 0) is 14.3 Å². The van der Waals surface area contributed by atoms with E-state index in [4.69, 9.17) is 4.74 Å². The summed E-state index contributed by atoms with van der Waals surface area (Å²) in [6, 6.07) is 4.60. The Morgan fingerprint density at radius 2 is 1.96 bits per heavy atom. The van der Waals surface area contributed by atoms with Crippen molar-refractivity contribution in [3.05, 3.63) is 52.2 Å². The van der Waals surface area contributed by atoms with Gasteiger partial charge in [0.15, 0.2) is 0 Å². The van der Waals surface area contributed by atoms with Gasteiger partial charge in [0.2, 0.25) is 0 Å². The molecule has 2 N–H and O–H groups in total. The van der Waals surface area contributed by atoms with Crippen LogP contribution < -0.4 is 10.6 Å². The molecule has 0 aliphatic carbocycles. The maximum Gasteiger partial charge on any atom is 0.313 e. The molecule has 1 aromatic heterocycles. The van der Waals surface area contributed by atoms with Crippen LogP contribution in [0.3, 0.4) is 0 Å². The Hall–Kier alpha value is -2.36. The van der Waals surface area contributed by atoms with Crippen molar-refractivity contribution in [3.8, 4) is 0 Å². The maximum absolute atomic E-state index is 13.6. The summed E-state index contributed by atoms with van der Waals surface area (Å²) in [5.74, 6) is -3.60. The van der Waals surface area contributed by atoms with E-state index in [-0.39, 0.29) is 18.3 Å². The van der Waals surface area contributed by atoms with Crippen LogP contribution in [0.15, 0.2) is 35.0 Å². The van der Waals surface area contributed by atoms with Crippen molar-refractivity contribution in [1.29, 1.82) is 0 Å². The van der Waals surface area contributed by atoms with Gasteiger partial charge in [0.1, 0.15) is 11.6 Å². The Labute approximate surface area is 159 Å². The molecule has 0 spiro atoms. The van der Waals surface area contributed by atoms with Gasteiger partial charge in [0.05, 0.1) is 24.9 Å². The highest BCUT2D eigenvalue weighted by atomic mass is 32.1. The fourth-order valence-electron chi connectivity index (χ4n) is 2.85. The molecule has 9 heteroatoms. The molecule has 27 heavy (non-hydrogen) atoms. The average molecular weight is 395 g/mol. The lowest BCUT2D eigenvalue weighted by Crippen LogP contribution is -2.45. The Kier molecular flexibility index (Phi) is 6.49. The molecule has 2 aromatic rings. The van der Waals surface area contributed by atoms with E-state index in [1.807, 2.05) is 16.8 Å². The van der Waals surface area contributed by atoms with Gasteiger partial charge in [-0.1, -0.05) is 0 Å². The van der Waals surface area contributed by atoms with E-state index >= 15 is 0 Å². The lowest BCUT2D eigenvalue weighted by molar-refractivity contribution is -0.136. The summed E-state index contributed by atoms with van der Waals surface area (Å²) in [6.45, 7) is 2.90. The third kappa shape index (κ3) is 5.09. The van der Waals surface area contributed by atoms with E-state index in [1.54, 1.807) is 11.3 Å². The molecule has 1 saturated heterocycles. The van der Waals surface area contributed by atoms with Crippen molar-refractivity contribution in [1.82, 2.24) is 10.2 Å². The number of carbonyl (C=O) groups excluding carboxylic acids is 2. The number of anilines is 1. The first-order valence-electron chi connectivity index (χ1n) is 8.42. The number of hydrogen-bond acceptors (Lipinski definition) is 5. The zero-order chi connectivity index (χ0) is 19.2. The normalized spacial score (nSPS) is 15.9. The summed E-state index contributed by atoms with van der Waals surface area (Å²) >= 11 is 1.55. The lowest BCUT2D eigenvalue weighted by atomic mass is 10.1.